The molecule has 0 saturated carbocycles. The monoisotopic (exact) mass is 1530 g/mol. The summed E-state index contributed by atoms with van der Waals surface area (Å²) in [6, 6.07) is 0. The van der Waals surface area contributed by atoms with Gasteiger partial charge in [0.05, 0.1) is 26.4 Å². The summed E-state index contributed by atoms with van der Waals surface area (Å²) in [6.07, 6.45) is 105. The van der Waals surface area contributed by atoms with Gasteiger partial charge >= 0.3 is 33.6 Å². The summed E-state index contributed by atoms with van der Waals surface area (Å²) in [7, 11) is -9.83. The number of ether oxygens (including phenoxy) is 3. The highest BCUT2D eigenvalue weighted by Crippen LogP contribution is 2.45. The van der Waals surface area contributed by atoms with E-state index in [1.807, 2.05) is 0 Å². The number of carbonyl (C=O) groups is 3. The van der Waals surface area contributed by atoms with Gasteiger partial charge in [0, 0.05) is 19.3 Å². The number of carbonyl (C=O) groups excluding carboxylic acids is 3. The third-order valence-electron chi connectivity index (χ3n) is 16.3. The molecule has 0 aliphatic carbocycles. The highest BCUT2D eigenvalue weighted by Gasteiger charge is 2.29. The second-order valence-electron chi connectivity index (χ2n) is 26.4. The summed E-state index contributed by atoms with van der Waals surface area (Å²) < 4.78 is 61.1. The summed E-state index contributed by atoms with van der Waals surface area (Å²) in [5.74, 6) is -1.66. The Morgan fingerprint density at radius 2 is 0.467 bits per heavy atom. The Labute approximate surface area is 648 Å². The zero-order chi connectivity index (χ0) is 78.0. The van der Waals surface area contributed by atoms with Crippen LogP contribution in [-0.2, 0) is 55.8 Å². The summed E-state index contributed by atoms with van der Waals surface area (Å²) >= 11 is 0. The lowest BCUT2D eigenvalue weighted by atomic mass is 10.0. The quantitative estimate of drug-likeness (QED) is 0.0146. The molecule has 0 aliphatic heterocycles. The Kier molecular flexibility index (Phi) is 75.7. The van der Waals surface area contributed by atoms with E-state index in [2.05, 4.69) is 215 Å². The van der Waals surface area contributed by atoms with Gasteiger partial charge in [0.15, 0.2) is 6.10 Å². The van der Waals surface area contributed by atoms with Crippen LogP contribution < -0.4 is 0 Å². The molecular weight excluding hydrogens is 1390 g/mol. The van der Waals surface area contributed by atoms with Crippen molar-refractivity contribution in [3.8, 4) is 0 Å². The van der Waals surface area contributed by atoms with Crippen LogP contribution in [0.3, 0.4) is 0 Å². The molecule has 0 rings (SSSR count). The lowest BCUT2D eigenvalue weighted by Crippen LogP contribution is -2.30. The van der Waals surface area contributed by atoms with E-state index >= 15 is 0 Å². The van der Waals surface area contributed by atoms with Gasteiger partial charge in [0.2, 0.25) is 0 Å². The topological polar surface area (TPSA) is 231 Å². The predicted molar refractivity (Wildman–Crippen MR) is 444 cm³/mol. The Morgan fingerprint density at radius 3 is 0.748 bits per heavy atom. The highest BCUT2D eigenvalue weighted by molar-refractivity contribution is 7.47. The molecule has 0 aromatic rings. The standard InChI is InChI=1S/C89H144O16P2/c1-4-7-10-13-16-19-22-25-28-31-34-35-36-37-38-39-40-41-42-43-44-45-46-47-50-52-54-57-60-63-66-69-72-75-87(92)99-78-84(90)79-101-106(95,96)102-80-85(91)81-103-107(97,98)104-83-86(105-89(94)77-74-71-68-65-62-59-56-53-49-33-30-27-24-21-18-15-12-9-6-3)82-100-88(93)76-73-70-67-64-61-58-55-51-48-32-29-26-23-20-17-14-11-8-5-2/h7-12,16-21,25-30,34-35,37-38,40-41,48-49,51,53,58-59,61-62,84-86,90-91H,4-6,13-15,22-24,31-33,36,39,42-47,50,52,54-57,60,63-83H2,1-3H3,(H,95,96)(H,97,98)/b10-7-,11-8-,12-9-,19-16-,20-17-,21-18-,28-25-,29-26-,30-27-,35-34-,38-37-,41-40-,51-48-,53-49-,61-58-,62-59-. The van der Waals surface area contributed by atoms with E-state index < -0.39 is 91.5 Å². The van der Waals surface area contributed by atoms with Gasteiger partial charge in [-0.05, 0) is 161 Å². The van der Waals surface area contributed by atoms with Crippen molar-refractivity contribution in [2.45, 2.75) is 309 Å². The molecule has 0 aromatic carbocycles. The molecule has 606 valence electrons. The van der Waals surface area contributed by atoms with Crippen LogP contribution in [0.25, 0.3) is 0 Å². The van der Waals surface area contributed by atoms with Crippen molar-refractivity contribution in [3.63, 3.8) is 0 Å². The number of aliphatic hydroxyl groups is 2. The fraction of sp³-hybridized carbons (Fsp3) is 0.607. The van der Waals surface area contributed by atoms with Crippen LogP contribution in [0.4, 0.5) is 0 Å². The first kappa shape index (κ1) is 101. The molecule has 0 amide bonds. The maximum atomic E-state index is 13.0. The second-order valence-corrected chi connectivity index (χ2v) is 29.3. The molecule has 0 aromatic heterocycles. The van der Waals surface area contributed by atoms with E-state index in [-0.39, 0.29) is 19.3 Å². The van der Waals surface area contributed by atoms with E-state index in [4.69, 9.17) is 32.3 Å². The average molecular weight is 1530 g/mol. The normalized spacial score (nSPS) is 14.9. The zero-order valence-corrected chi connectivity index (χ0v) is 68.0. The maximum Gasteiger partial charge on any atom is 0.472 e. The predicted octanol–water partition coefficient (Wildman–Crippen LogP) is 24.3. The number of aliphatic hydroxyl groups excluding tert-OH is 2. The van der Waals surface area contributed by atoms with Gasteiger partial charge in [0.1, 0.15) is 25.4 Å². The first-order valence-electron chi connectivity index (χ1n) is 40.7. The van der Waals surface area contributed by atoms with Gasteiger partial charge in [-0.25, -0.2) is 9.13 Å². The SMILES string of the molecule is CC/C=C\C/C=C\C/C=C\C/C=C\C/C=C\C/C=C\CCCCCCCCCCCCCCCCC(=O)OCC(O)COP(=O)(O)OCC(O)COP(=O)(O)OCC(COC(=O)CCCCC/C=C\C/C=C\C/C=C\C/C=C\C/C=C\CC)OC(=O)CCCCC/C=C\C/C=C\C/C=C\C/C=C\C/C=C\CC. The van der Waals surface area contributed by atoms with Gasteiger partial charge in [-0.1, -0.05) is 305 Å². The maximum absolute atomic E-state index is 13.0. The molecular formula is C89H144O16P2. The molecule has 16 nitrogen and oxygen atoms in total. The van der Waals surface area contributed by atoms with Crippen molar-refractivity contribution in [1.29, 1.82) is 0 Å². The Hall–Kier alpha value is -5.61. The van der Waals surface area contributed by atoms with Crippen molar-refractivity contribution in [1.82, 2.24) is 0 Å². The van der Waals surface area contributed by atoms with E-state index in [0.717, 1.165) is 167 Å². The molecule has 18 heteroatoms. The Morgan fingerprint density at radius 1 is 0.262 bits per heavy atom. The number of rotatable bonds is 75. The molecule has 5 unspecified atom stereocenters. The first-order valence-corrected chi connectivity index (χ1v) is 43.7. The molecule has 4 N–H and O–H groups in total. The number of phosphoric acid groups is 2. The lowest BCUT2D eigenvalue weighted by molar-refractivity contribution is -0.161. The van der Waals surface area contributed by atoms with Gasteiger partial charge in [-0.15, -0.1) is 0 Å². The molecule has 0 aliphatic rings. The molecule has 5 atom stereocenters. The minimum Gasteiger partial charge on any atom is -0.463 e. The Bertz CT molecular complexity index is 2720. The fourth-order valence-corrected chi connectivity index (χ4v) is 11.8. The van der Waals surface area contributed by atoms with Crippen molar-refractivity contribution in [3.05, 3.63) is 194 Å². The van der Waals surface area contributed by atoms with Gasteiger partial charge in [0.25, 0.3) is 0 Å². The lowest BCUT2D eigenvalue weighted by Gasteiger charge is -2.21. The first-order chi connectivity index (χ1) is 52.2. The van der Waals surface area contributed by atoms with Crippen molar-refractivity contribution >= 4 is 33.6 Å². The van der Waals surface area contributed by atoms with Gasteiger partial charge < -0.3 is 34.2 Å². The average Bonchev–Trinajstić information content (AvgIpc) is 0.907. The van der Waals surface area contributed by atoms with Crippen LogP contribution in [-0.4, -0.2) is 95.9 Å². The molecule has 0 saturated heterocycles. The molecule has 107 heavy (non-hydrogen) atoms. The van der Waals surface area contributed by atoms with E-state index in [1.165, 1.54) is 64.2 Å². The summed E-state index contributed by atoms with van der Waals surface area (Å²) in [5, 5.41) is 20.7. The van der Waals surface area contributed by atoms with Crippen LogP contribution in [0.5, 0.6) is 0 Å². The van der Waals surface area contributed by atoms with Crippen molar-refractivity contribution < 1.29 is 75.8 Å². The minimum atomic E-state index is -4.96. The third kappa shape index (κ3) is 81.2. The van der Waals surface area contributed by atoms with Gasteiger partial charge in [-0.3, -0.25) is 32.5 Å². The number of phosphoric ester groups is 2. The third-order valence-corrected chi connectivity index (χ3v) is 18.2. The second kappa shape index (κ2) is 79.9. The summed E-state index contributed by atoms with van der Waals surface area (Å²) in [6.45, 7) is 2.24. The van der Waals surface area contributed by atoms with Crippen LogP contribution in [0, 0.1) is 0 Å². The highest BCUT2D eigenvalue weighted by atomic mass is 31.2. The minimum absolute atomic E-state index is 0.0505. The summed E-state index contributed by atoms with van der Waals surface area (Å²) in [4.78, 5) is 58.7. The number of allylic oxidation sites excluding steroid dienone is 32. The molecule has 0 heterocycles. The van der Waals surface area contributed by atoms with E-state index in [9.17, 15) is 43.5 Å². The zero-order valence-electron chi connectivity index (χ0n) is 66.2. The molecule has 0 spiro atoms. The largest absolute Gasteiger partial charge is 0.472 e. The Balaban J connectivity index is 4.58. The smallest absolute Gasteiger partial charge is 0.463 e. The van der Waals surface area contributed by atoms with Gasteiger partial charge in [-0.2, -0.15) is 0 Å². The number of esters is 3. The molecule has 0 bridgehead atoms. The van der Waals surface area contributed by atoms with Crippen LogP contribution in [0.15, 0.2) is 194 Å². The van der Waals surface area contributed by atoms with E-state index in [0.29, 0.717) is 19.3 Å². The van der Waals surface area contributed by atoms with Crippen LogP contribution in [0.2, 0.25) is 0 Å². The van der Waals surface area contributed by atoms with Crippen molar-refractivity contribution in [2.24, 2.45) is 0 Å². The number of hydrogen-bond acceptors (Lipinski definition) is 14. The van der Waals surface area contributed by atoms with Crippen LogP contribution in [0.1, 0.15) is 290 Å². The number of unbranched alkanes of at least 4 members (excludes halogenated alkanes) is 20. The van der Waals surface area contributed by atoms with Crippen LogP contribution >= 0.6 is 15.6 Å². The van der Waals surface area contributed by atoms with Crippen molar-refractivity contribution in [2.75, 3.05) is 39.6 Å². The molecule has 0 fully saturated rings. The summed E-state index contributed by atoms with van der Waals surface area (Å²) in [5.41, 5.74) is 0. The number of hydrogen-bond donors (Lipinski definition) is 4. The fourth-order valence-electron chi connectivity index (χ4n) is 10.2. The van der Waals surface area contributed by atoms with E-state index in [1.54, 1.807) is 0 Å². The molecule has 0 radical (unpaired) electrons.